The van der Waals surface area contributed by atoms with Gasteiger partial charge < -0.3 is 16.4 Å². The summed E-state index contributed by atoms with van der Waals surface area (Å²) in [5.41, 5.74) is 7.70. The first-order valence-electron chi connectivity index (χ1n) is 10.8. The quantitative estimate of drug-likeness (QED) is 0.677. The summed E-state index contributed by atoms with van der Waals surface area (Å²) in [4.78, 5) is 8.73. The zero-order valence-corrected chi connectivity index (χ0v) is 16.9. The molecule has 5 atom stereocenters. The van der Waals surface area contributed by atoms with Crippen LogP contribution in [0.4, 0.5) is 16.2 Å². The first kappa shape index (κ1) is 19.3. The van der Waals surface area contributed by atoms with Gasteiger partial charge in [0.05, 0.1) is 6.20 Å². The first-order chi connectivity index (χ1) is 14.5. The van der Waals surface area contributed by atoms with E-state index in [-0.39, 0.29) is 17.8 Å². The molecular formula is C23H27FN6. The SMILES string of the molecule is N#Cc1cnc(NCc2ccccc2F)nc1NCC12CC3C[C@H](C1)C(N)[C@@H](C3)C2. The minimum absolute atomic E-state index is 0.255. The number of nitriles is 1. The van der Waals surface area contributed by atoms with Crippen molar-refractivity contribution in [2.45, 2.75) is 44.7 Å². The Morgan fingerprint density at radius 2 is 1.93 bits per heavy atom. The predicted octanol–water partition coefficient (Wildman–Crippen LogP) is 3.66. The Kier molecular flexibility index (Phi) is 4.82. The lowest BCUT2D eigenvalue weighted by Crippen LogP contribution is -2.58. The largest absolute Gasteiger partial charge is 0.368 e. The van der Waals surface area contributed by atoms with Crippen LogP contribution in [0.15, 0.2) is 30.5 Å². The Labute approximate surface area is 176 Å². The summed E-state index contributed by atoms with van der Waals surface area (Å²) in [6.07, 6.45) is 7.65. The predicted molar refractivity (Wildman–Crippen MR) is 113 cm³/mol. The Morgan fingerprint density at radius 3 is 2.67 bits per heavy atom. The lowest BCUT2D eigenvalue weighted by atomic mass is 9.48. The molecule has 1 heterocycles. The molecule has 0 aliphatic heterocycles. The van der Waals surface area contributed by atoms with Crippen molar-refractivity contribution in [1.29, 1.82) is 5.26 Å². The van der Waals surface area contributed by atoms with Crippen LogP contribution in [0.3, 0.4) is 0 Å². The zero-order valence-electron chi connectivity index (χ0n) is 16.9. The highest BCUT2D eigenvalue weighted by atomic mass is 19.1. The van der Waals surface area contributed by atoms with Gasteiger partial charge in [-0.2, -0.15) is 10.2 Å². The van der Waals surface area contributed by atoms with Crippen LogP contribution in [0, 0.1) is 40.3 Å². The second kappa shape index (κ2) is 7.51. The van der Waals surface area contributed by atoms with Crippen molar-refractivity contribution < 1.29 is 4.39 Å². The van der Waals surface area contributed by atoms with E-state index in [0.29, 0.717) is 40.8 Å². The number of rotatable bonds is 6. The first-order valence-corrected chi connectivity index (χ1v) is 10.8. The highest BCUT2D eigenvalue weighted by Crippen LogP contribution is 2.59. The molecule has 4 aliphatic carbocycles. The molecule has 0 saturated heterocycles. The van der Waals surface area contributed by atoms with Crippen LogP contribution in [0.1, 0.15) is 43.2 Å². The third-order valence-electron chi connectivity index (χ3n) is 7.41. The molecule has 1 aromatic heterocycles. The van der Waals surface area contributed by atoms with Gasteiger partial charge in [-0.1, -0.05) is 18.2 Å². The van der Waals surface area contributed by atoms with Gasteiger partial charge in [-0.05, 0) is 61.3 Å². The highest BCUT2D eigenvalue weighted by molar-refractivity contribution is 5.53. The van der Waals surface area contributed by atoms with Crippen LogP contribution in [-0.2, 0) is 6.54 Å². The number of nitrogens with zero attached hydrogens (tertiary/aromatic N) is 3. The third kappa shape index (κ3) is 3.50. The summed E-state index contributed by atoms with van der Waals surface area (Å²) in [5, 5.41) is 16.0. The maximum atomic E-state index is 13.9. The average molecular weight is 407 g/mol. The fourth-order valence-electron chi connectivity index (χ4n) is 6.22. The second-order valence-corrected chi connectivity index (χ2v) is 9.41. The molecule has 1 aromatic carbocycles. The summed E-state index contributed by atoms with van der Waals surface area (Å²) >= 11 is 0. The minimum atomic E-state index is -0.267. The van der Waals surface area contributed by atoms with Crippen LogP contribution >= 0.6 is 0 Å². The molecule has 2 aromatic rings. The highest BCUT2D eigenvalue weighted by Gasteiger charge is 2.54. The zero-order chi connectivity index (χ0) is 20.7. The summed E-state index contributed by atoms with van der Waals surface area (Å²) < 4.78 is 13.9. The fourth-order valence-corrected chi connectivity index (χ4v) is 6.22. The van der Waals surface area contributed by atoms with E-state index in [1.165, 1.54) is 44.4 Å². The van der Waals surface area contributed by atoms with Crippen molar-refractivity contribution in [1.82, 2.24) is 9.97 Å². The van der Waals surface area contributed by atoms with Crippen molar-refractivity contribution in [2.75, 3.05) is 17.2 Å². The molecule has 4 bridgehead atoms. The number of aromatic nitrogens is 2. The number of hydrogen-bond donors (Lipinski definition) is 3. The van der Waals surface area contributed by atoms with E-state index in [1.54, 1.807) is 18.2 Å². The molecule has 0 radical (unpaired) electrons. The molecule has 3 unspecified atom stereocenters. The molecule has 7 heteroatoms. The Hall–Kier alpha value is -2.72. The Balaban J connectivity index is 1.29. The van der Waals surface area contributed by atoms with Gasteiger partial charge in [0, 0.05) is 24.7 Å². The van der Waals surface area contributed by atoms with Gasteiger partial charge in [0.1, 0.15) is 23.3 Å². The van der Waals surface area contributed by atoms with Crippen LogP contribution in [-0.4, -0.2) is 22.6 Å². The Bertz CT molecular complexity index is 970. The van der Waals surface area contributed by atoms with Crippen molar-refractivity contribution in [3.05, 3.63) is 47.4 Å². The maximum Gasteiger partial charge on any atom is 0.224 e. The lowest BCUT2D eigenvalue weighted by molar-refractivity contribution is -0.0591. The van der Waals surface area contributed by atoms with Crippen LogP contribution in [0.5, 0.6) is 0 Å². The van der Waals surface area contributed by atoms with Gasteiger partial charge in [-0.3, -0.25) is 0 Å². The second-order valence-electron chi connectivity index (χ2n) is 9.41. The molecule has 4 fully saturated rings. The average Bonchev–Trinajstić information content (AvgIpc) is 2.75. The summed E-state index contributed by atoms with van der Waals surface area (Å²) in [5.74, 6) is 2.73. The van der Waals surface area contributed by atoms with Crippen molar-refractivity contribution in [3.8, 4) is 6.07 Å². The summed E-state index contributed by atoms with van der Waals surface area (Å²) in [6, 6.07) is 9.15. The summed E-state index contributed by atoms with van der Waals surface area (Å²) in [6.45, 7) is 1.09. The molecule has 156 valence electrons. The Morgan fingerprint density at radius 1 is 1.17 bits per heavy atom. The molecule has 4 N–H and O–H groups in total. The van der Waals surface area contributed by atoms with Crippen LogP contribution in [0.2, 0.25) is 0 Å². The molecule has 0 amide bonds. The topological polar surface area (TPSA) is 99.6 Å². The normalized spacial score (nSPS) is 31.4. The van der Waals surface area contributed by atoms with Gasteiger partial charge in [0.25, 0.3) is 0 Å². The summed E-state index contributed by atoms with van der Waals surface area (Å²) in [7, 11) is 0. The number of halogens is 1. The van der Waals surface area contributed by atoms with Crippen LogP contribution in [0.25, 0.3) is 0 Å². The fraction of sp³-hybridized carbons (Fsp3) is 0.522. The van der Waals surface area contributed by atoms with Crippen LogP contribution < -0.4 is 16.4 Å². The van der Waals surface area contributed by atoms with Gasteiger partial charge in [-0.15, -0.1) is 0 Å². The third-order valence-corrected chi connectivity index (χ3v) is 7.41. The molecule has 0 spiro atoms. The molecule has 4 saturated carbocycles. The van der Waals surface area contributed by atoms with Crippen molar-refractivity contribution in [2.24, 2.45) is 28.9 Å². The lowest BCUT2D eigenvalue weighted by Gasteiger charge is -2.59. The number of nitrogens with one attached hydrogen (secondary N) is 2. The van der Waals surface area contributed by atoms with E-state index in [2.05, 4.69) is 26.7 Å². The van der Waals surface area contributed by atoms with Gasteiger partial charge in [0.15, 0.2) is 0 Å². The van der Waals surface area contributed by atoms with E-state index >= 15 is 0 Å². The molecule has 6 rings (SSSR count). The van der Waals surface area contributed by atoms with E-state index in [9.17, 15) is 9.65 Å². The van der Waals surface area contributed by atoms with Crippen molar-refractivity contribution in [3.63, 3.8) is 0 Å². The number of anilines is 2. The van der Waals surface area contributed by atoms with Gasteiger partial charge in [0.2, 0.25) is 5.95 Å². The van der Waals surface area contributed by atoms with Crippen molar-refractivity contribution >= 4 is 11.8 Å². The standard InChI is InChI=1S/C23H27FN6/c24-19-4-2-1-3-15(19)11-27-22-28-12-18(10-25)21(30-22)29-13-23-7-14-5-16(8-23)20(26)17(6-14)9-23/h1-4,12,14,16-17,20H,5-9,11,13,26H2,(H2,27,28,29,30)/t14?,16-,17+,20?,23?. The van der Waals surface area contributed by atoms with Gasteiger partial charge in [-0.25, -0.2) is 9.37 Å². The van der Waals surface area contributed by atoms with Gasteiger partial charge >= 0.3 is 0 Å². The maximum absolute atomic E-state index is 13.9. The molecule has 6 nitrogen and oxygen atoms in total. The number of nitrogens with two attached hydrogens (primary N) is 1. The smallest absolute Gasteiger partial charge is 0.224 e. The monoisotopic (exact) mass is 406 g/mol. The molecule has 4 aliphatic rings. The van der Waals surface area contributed by atoms with E-state index in [0.717, 1.165) is 12.5 Å². The van der Waals surface area contributed by atoms with E-state index < -0.39 is 0 Å². The number of benzene rings is 1. The number of hydrogen-bond acceptors (Lipinski definition) is 6. The molecular weight excluding hydrogens is 379 g/mol. The van der Waals surface area contributed by atoms with E-state index in [1.807, 2.05) is 0 Å². The van der Waals surface area contributed by atoms with E-state index in [4.69, 9.17) is 5.73 Å². The molecule has 30 heavy (non-hydrogen) atoms. The minimum Gasteiger partial charge on any atom is -0.368 e.